The summed E-state index contributed by atoms with van der Waals surface area (Å²) in [6.07, 6.45) is 2.22. The summed E-state index contributed by atoms with van der Waals surface area (Å²) in [5.41, 5.74) is 9.78. The van der Waals surface area contributed by atoms with Crippen molar-refractivity contribution < 1.29 is 31.7 Å². The van der Waals surface area contributed by atoms with E-state index in [0.29, 0.717) is 11.5 Å². The molecule has 1 unspecified atom stereocenters. The minimum atomic E-state index is -4.83. The van der Waals surface area contributed by atoms with Gasteiger partial charge in [0.15, 0.2) is 0 Å². The smallest absolute Gasteiger partial charge is 0.321 e. The van der Waals surface area contributed by atoms with Crippen LogP contribution in [0.1, 0.15) is 23.8 Å². The molecule has 2 aliphatic heterocycles. The Hall–Kier alpha value is -1.84. The summed E-state index contributed by atoms with van der Waals surface area (Å²) in [6.45, 7) is 0.127. The van der Waals surface area contributed by atoms with E-state index in [1.807, 2.05) is 0 Å². The Kier molecular flexibility index (Phi) is 5.40. The van der Waals surface area contributed by atoms with Crippen LogP contribution in [0.2, 0.25) is 0 Å². The van der Waals surface area contributed by atoms with Crippen molar-refractivity contribution in [2.75, 3.05) is 13.2 Å². The molecule has 14 heteroatoms. The number of thiazole rings is 1. The monoisotopic (exact) mass is 407 g/mol. The number of hydrogen-bond donors (Lipinski definition) is 3. The van der Waals surface area contributed by atoms with Crippen molar-refractivity contribution in [1.29, 1.82) is 0 Å². The van der Waals surface area contributed by atoms with Crippen LogP contribution in [0.15, 0.2) is 11.7 Å². The molecule has 2 bridgehead atoms. The van der Waals surface area contributed by atoms with Crippen LogP contribution in [0.3, 0.4) is 0 Å². The fraction of sp³-hybridized carbons (Fsp3) is 0.583. The maximum Gasteiger partial charge on any atom is 0.418 e. The van der Waals surface area contributed by atoms with Gasteiger partial charge in [-0.05, 0) is 12.8 Å². The van der Waals surface area contributed by atoms with Crippen LogP contribution in [0.5, 0.6) is 0 Å². The molecule has 3 amide bonds. The number of carbonyl (C=O) groups is 2. The van der Waals surface area contributed by atoms with Crippen LogP contribution in [0, 0.1) is 0 Å². The number of nitrogens with zero attached hydrogens (tertiary/aromatic N) is 3. The van der Waals surface area contributed by atoms with Gasteiger partial charge in [-0.25, -0.2) is 10.3 Å². The molecule has 3 atom stereocenters. The van der Waals surface area contributed by atoms with E-state index >= 15 is 0 Å². The zero-order chi connectivity index (χ0) is 18.9. The SMILES string of the molecule is NC(CONC(=O)[C@@H]1CC[C@@H]2CN1C(=O)N2OS(=O)(=O)O)c1cncs1. The summed E-state index contributed by atoms with van der Waals surface area (Å²) in [6, 6.07) is -2.67. The van der Waals surface area contributed by atoms with E-state index in [0.717, 1.165) is 4.88 Å². The van der Waals surface area contributed by atoms with Crippen molar-refractivity contribution in [2.24, 2.45) is 5.73 Å². The summed E-state index contributed by atoms with van der Waals surface area (Å²) >= 11 is 1.36. The molecule has 0 aliphatic carbocycles. The summed E-state index contributed by atoms with van der Waals surface area (Å²) in [7, 11) is -4.83. The topological polar surface area (TPSA) is 164 Å². The number of aromatic nitrogens is 1. The van der Waals surface area contributed by atoms with Crippen LogP contribution >= 0.6 is 11.3 Å². The van der Waals surface area contributed by atoms with Crippen LogP contribution in [-0.4, -0.2) is 65.1 Å². The number of nitrogens with one attached hydrogen (secondary N) is 1. The second kappa shape index (κ2) is 7.42. The van der Waals surface area contributed by atoms with Gasteiger partial charge in [0.1, 0.15) is 6.04 Å². The summed E-state index contributed by atoms with van der Waals surface area (Å²) in [5, 5.41) is 0.573. The van der Waals surface area contributed by atoms with Crippen molar-refractivity contribution in [3.8, 4) is 0 Å². The third kappa shape index (κ3) is 4.11. The first kappa shape index (κ1) is 18.9. The van der Waals surface area contributed by atoms with E-state index in [9.17, 15) is 18.0 Å². The lowest BCUT2D eigenvalue weighted by atomic mass is 10.0. The van der Waals surface area contributed by atoms with Crippen LogP contribution in [0.25, 0.3) is 0 Å². The molecule has 0 radical (unpaired) electrons. The molecule has 1 aromatic rings. The molecule has 3 heterocycles. The van der Waals surface area contributed by atoms with Crippen molar-refractivity contribution in [2.45, 2.75) is 31.0 Å². The van der Waals surface area contributed by atoms with Gasteiger partial charge in [-0.1, -0.05) is 0 Å². The molecular weight excluding hydrogens is 390 g/mol. The minimum Gasteiger partial charge on any atom is -0.321 e. The Morgan fingerprint density at radius 2 is 2.31 bits per heavy atom. The van der Waals surface area contributed by atoms with E-state index in [-0.39, 0.29) is 19.6 Å². The highest BCUT2D eigenvalue weighted by atomic mass is 32.3. The van der Waals surface area contributed by atoms with E-state index < -0.39 is 40.5 Å². The zero-order valence-electron chi connectivity index (χ0n) is 13.3. The standard InChI is InChI=1S/C12H17N5O7S2/c13-8(10-3-14-6-25-10)5-23-15-11(18)9-2-1-7-4-16(9)12(19)17(7)24-26(20,21)22/h3,6-9H,1-2,4-5,13H2,(H,15,18)(H,20,21,22)/t7-,8?,9+/m1/s1. The highest BCUT2D eigenvalue weighted by Gasteiger charge is 2.49. The number of carbonyl (C=O) groups excluding carboxylic acids is 2. The van der Waals surface area contributed by atoms with Gasteiger partial charge in [-0.2, -0.15) is 13.5 Å². The molecule has 3 rings (SSSR count). The lowest BCUT2D eigenvalue weighted by molar-refractivity contribution is -0.139. The highest BCUT2D eigenvalue weighted by Crippen LogP contribution is 2.30. The zero-order valence-corrected chi connectivity index (χ0v) is 15.0. The van der Waals surface area contributed by atoms with Gasteiger partial charge in [0.25, 0.3) is 5.91 Å². The van der Waals surface area contributed by atoms with Crippen molar-refractivity contribution in [3.63, 3.8) is 0 Å². The Balaban J connectivity index is 1.53. The van der Waals surface area contributed by atoms with E-state index in [2.05, 4.69) is 14.7 Å². The molecule has 0 spiro atoms. The van der Waals surface area contributed by atoms with E-state index in [1.54, 1.807) is 11.7 Å². The van der Waals surface area contributed by atoms with Crippen LogP contribution in [-0.2, 0) is 24.3 Å². The van der Waals surface area contributed by atoms with Gasteiger partial charge in [-0.3, -0.25) is 19.2 Å². The Bertz CT molecular complexity index is 771. The number of rotatable bonds is 7. The first-order valence-corrected chi connectivity index (χ1v) is 9.83. The molecule has 2 aliphatic rings. The average Bonchev–Trinajstić information content (AvgIpc) is 3.18. The van der Waals surface area contributed by atoms with Gasteiger partial charge in [0, 0.05) is 17.6 Å². The lowest BCUT2D eigenvalue weighted by Gasteiger charge is -2.29. The van der Waals surface area contributed by atoms with Gasteiger partial charge < -0.3 is 10.6 Å². The average molecular weight is 407 g/mol. The predicted octanol–water partition coefficient (Wildman–Crippen LogP) is -0.806. The number of nitrogens with two attached hydrogens (primary N) is 1. The van der Waals surface area contributed by atoms with Crippen molar-refractivity contribution >= 4 is 33.7 Å². The van der Waals surface area contributed by atoms with Gasteiger partial charge in [0.05, 0.1) is 24.2 Å². The largest absolute Gasteiger partial charge is 0.418 e. The second-order valence-electron chi connectivity index (χ2n) is 5.80. The molecule has 26 heavy (non-hydrogen) atoms. The van der Waals surface area contributed by atoms with E-state index in [4.69, 9.17) is 15.1 Å². The van der Waals surface area contributed by atoms with Crippen molar-refractivity contribution in [1.82, 2.24) is 20.4 Å². The molecule has 4 N–H and O–H groups in total. The van der Waals surface area contributed by atoms with Crippen LogP contribution in [0.4, 0.5) is 4.79 Å². The normalized spacial score (nSPS) is 24.0. The number of fused-ring (bicyclic) bond motifs is 2. The molecule has 2 fully saturated rings. The highest BCUT2D eigenvalue weighted by molar-refractivity contribution is 7.80. The maximum atomic E-state index is 12.3. The Morgan fingerprint density at radius 1 is 1.54 bits per heavy atom. The number of urea groups is 1. The molecule has 2 saturated heterocycles. The minimum absolute atomic E-state index is 0.0230. The fourth-order valence-electron chi connectivity index (χ4n) is 2.87. The second-order valence-corrected chi connectivity index (χ2v) is 7.72. The maximum absolute atomic E-state index is 12.3. The summed E-state index contributed by atoms with van der Waals surface area (Å²) in [5.74, 6) is -0.554. The molecule has 0 aromatic carbocycles. The molecule has 144 valence electrons. The first-order chi connectivity index (χ1) is 12.3. The van der Waals surface area contributed by atoms with Gasteiger partial charge in [-0.15, -0.1) is 15.6 Å². The quantitative estimate of drug-likeness (QED) is 0.387. The first-order valence-electron chi connectivity index (χ1n) is 7.58. The summed E-state index contributed by atoms with van der Waals surface area (Å²) < 4.78 is 34.7. The summed E-state index contributed by atoms with van der Waals surface area (Å²) in [4.78, 5) is 35.5. The number of hydrogen-bond acceptors (Lipinski definition) is 9. The van der Waals surface area contributed by atoms with Crippen molar-refractivity contribution in [3.05, 3.63) is 16.6 Å². The third-order valence-corrected chi connectivity index (χ3v) is 5.31. The Labute approximate surface area is 152 Å². The molecular formula is C12H17N5O7S2. The number of hydroxylamine groups is 3. The number of piperidine rings is 1. The molecule has 0 saturated carbocycles. The van der Waals surface area contributed by atoms with Gasteiger partial charge in [0.2, 0.25) is 0 Å². The molecule has 1 aromatic heterocycles. The molecule has 12 nitrogen and oxygen atoms in total. The van der Waals surface area contributed by atoms with E-state index in [1.165, 1.54) is 16.2 Å². The number of amides is 3. The Morgan fingerprint density at radius 3 is 2.96 bits per heavy atom. The van der Waals surface area contributed by atoms with Gasteiger partial charge >= 0.3 is 16.4 Å². The third-order valence-electron chi connectivity index (χ3n) is 4.05. The van der Waals surface area contributed by atoms with Crippen LogP contribution < -0.4 is 11.2 Å². The predicted molar refractivity (Wildman–Crippen MR) is 86.5 cm³/mol. The fourth-order valence-corrected chi connectivity index (χ4v) is 3.86. The lowest BCUT2D eigenvalue weighted by Crippen LogP contribution is -2.50.